The molecular weight excluding hydrogens is 270 g/mol. The first-order chi connectivity index (χ1) is 10.0. The molecule has 3 N–H and O–H groups in total. The average Bonchev–Trinajstić information content (AvgIpc) is 2.43. The van der Waals surface area contributed by atoms with Crippen LogP contribution >= 0.6 is 0 Å². The zero-order valence-corrected chi connectivity index (χ0v) is 12.7. The third-order valence-electron chi connectivity index (χ3n) is 2.61. The van der Waals surface area contributed by atoms with Crippen LogP contribution in [0.1, 0.15) is 19.4 Å². The van der Waals surface area contributed by atoms with Crippen molar-refractivity contribution < 1.29 is 14.3 Å². The second-order valence-corrected chi connectivity index (χ2v) is 5.14. The molecule has 3 amide bonds. The quantitative estimate of drug-likeness (QED) is 0.716. The summed E-state index contributed by atoms with van der Waals surface area (Å²) in [6.07, 6.45) is 0. The van der Waals surface area contributed by atoms with Crippen LogP contribution in [0.5, 0.6) is 0 Å². The van der Waals surface area contributed by atoms with Gasteiger partial charge in [-0.1, -0.05) is 26.0 Å². The molecule has 0 bridgehead atoms. The fourth-order valence-electron chi connectivity index (χ4n) is 1.63. The van der Waals surface area contributed by atoms with Crippen molar-refractivity contribution >= 4 is 17.6 Å². The molecule has 0 radical (unpaired) electrons. The molecule has 0 heterocycles. The number of urea groups is 1. The van der Waals surface area contributed by atoms with E-state index in [9.17, 15) is 9.59 Å². The molecule has 0 aliphatic rings. The molecule has 1 rings (SSSR count). The number of methoxy groups -OCH3 is 1. The first-order valence-corrected chi connectivity index (χ1v) is 6.90. The maximum Gasteiger partial charge on any atom is 0.315 e. The highest BCUT2D eigenvalue weighted by molar-refractivity contribution is 5.91. The zero-order valence-electron chi connectivity index (χ0n) is 12.7. The summed E-state index contributed by atoms with van der Waals surface area (Å²) in [7, 11) is 1.47. The molecule has 0 aliphatic heterocycles. The molecule has 0 aliphatic carbocycles. The van der Waals surface area contributed by atoms with Gasteiger partial charge in [0.1, 0.15) is 6.61 Å². The van der Waals surface area contributed by atoms with Crippen molar-refractivity contribution in [3.63, 3.8) is 0 Å². The van der Waals surface area contributed by atoms with E-state index < -0.39 is 0 Å². The first-order valence-electron chi connectivity index (χ1n) is 6.90. The van der Waals surface area contributed by atoms with Gasteiger partial charge in [0.05, 0.1) is 0 Å². The second kappa shape index (κ2) is 8.97. The Morgan fingerprint density at radius 3 is 2.67 bits per heavy atom. The van der Waals surface area contributed by atoms with Gasteiger partial charge in [0, 0.05) is 25.9 Å². The predicted octanol–water partition coefficient (Wildman–Crippen LogP) is 1.73. The van der Waals surface area contributed by atoms with Crippen molar-refractivity contribution in [3.05, 3.63) is 29.8 Å². The van der Waals surface area contributed by atoms with Crippen molar-refractivity contribution in [1.29, 1.82) is 0 Å². The smallest absolute Gasteiger partial charge is 0.315 e. The summed E-state index contributed by atoms with van der Waals surface area (Å²) in [5, 5.41) is 8.27. The molecule has 1 aromatic carbocycles. The lowest BCUT2D eigenvalue weighted by atomic mass is 10.2. The van der Waals surface area contributed by atoms with E-state index in [1.54, 1.807) is 6.07 Å². The SMILES string of the molecule is COCC(=O)Nc1cccc(CNC(=O)NCC(C)C)c1. The summed E-state index contributed by atoms with van der Waals surface area (Å²) < 4.78 is 4.75. The van der Waals surface area contributed by atoms with E-state index in [1.165, 1.54) is 7.11 Å². The number of anilines is 1. The Kier molecular flexibility index (Phi) is 7.25. The van der Waals surface area contributed by atoms with Crippen LogP contribution in [0.3, 0.4) is 0 Å². The lowest BCUT2D eigenvalue weighted by Crippen LogP contribution is -2.37. The number of benzene rings is 1. The van der Waals surface area contributed by atoms with Gasteiger partial charge in [-0.05, 0) is 23.6 Å². The Balaban J connectivity index is 2.45. The summed E-state index contributed by atoms with van der Waals surface area (Å²) in [5.41, 5.74) is 1.59. The van der Waals surface area contributed by atoms with Gasteiger partial charge in [-0.3, -0.25) is 4.79 Å². The third-order valence-corrected chi connectivity index (χ3v) is 2.61. The van der Waals surface area contributed by atoms with Gasteiger partial charge in [-0.15, -0.1) is 0 Å². The molecular formula is C15H23N3O3. The molecule has 0 atom stereocenters. The molecule has 6 nitrogen and oxygen atoms in total. The average molecular weight is 293 g/mol. The Labute approximate surface area is 125 Å². The molecule has 0 saturated heterocycles. The highest BCUT2D eigenvalue weighted by Crippen LogP contribution is 2.10. The Bertz CT molecular complexity index is 475. The van der Waals surface area contributed by atoms with E-state index in [0.717, 1.165) is 5.56 Å². The second-order valence-electron chi connectivity index (χ2n) is 5.14. The molecule has 0 aromatic heterocycles. The number of amides is 3. The number of hydrogen-bond acceptors (Lipinski definition) is 3. The summed E-state index contributed by atoms with van der Waals surface area (Å²) in [4.78, 5) is 23.0. The van der Waals surface area contributed by atoms with Crippen LogP contribution in [0.15, 0.2) is 24.3 Å². The van der Waals surface area contributed by atoms with Crippen molar-refractivity contribution in [1.82, 2.24) is 10.6 Å². The van der Waals surface area contributed by atoms with Crippen LogP contribution in [0, 0.1) is 5.92 Å². The van der Waals surface area contributed by atoms with Crippen molar-refractivity contribution in [2.75, 3.05) is 25.6 Å². The summed E-state index contributed by atoms with van der Waals surface area (Å²) in [6.45, 7) is 5.12. The molecule has 116 valence electrons. The van der Waals surface area contributed by atoms with E-state index in [1.807, 2.05) is 32.0 Å². The zero-order chi connectivity index (χ0) is 15.7. The lowest BCUT2D eigenvalue weighted by molar-refractivity contribution is -0.119. The van der Waals surface area contributed by atoms with E-state index in [-0.39, 0.29) is 18.5 Å². The Morgan fingerprint density at radius 2 is 2.00 bits per heavy atom. The van der Waals surface area contributed by atoms with Gasteiger partial charge in [-0.25, -0.2) is 4.79 Å². The highest BCUT2D eigenvalue weighted by atomic mass is 16.5. The normalized spacial score (nSPS) is 10.3. The van der Waals surface area contributed by atoms with Crippen LogP contribution in [0.4, 0.5) is 10.5 Å². The van der Waals surface area contributed by atoms with Gasteiger partial charge < -0.3 is 20.7 Å². The van der Waals surface area contributed by atoms with Gasteiger partial charge >= 0.3 is 6.03 Å². The van der Waals surface area contributed by atoms with Gasteiger partial charge in [-0.2, -0.15) is 0 Å². The number of hydrogen-bond donors (Lipinski definition) is 3. The number of carbonyl (C=O) groups is 2. The van der Waals surface area contributed by atoms with E-state index in [4.69, 9.17) is 4.74 Å². The van der Waals surface area contributed by atoms with Crippen molar-refractivity contribution in [2.24, 2.45) is 5.92 Å². The Morgan fingerprint density at radius 1 is 1.24 bits per heavy atom. The summed E-state index contributed by atoms with van der Waals surface area (Å²) in [6, 6.07) is 7.12. The van der Waals surface area contributed by atoms with Crippen LogP contribution in [-0.2, 0) is 16.1 Å². The predicted molar refractivity (Wildman–Crippen MR) is 82.0 cm³/mol. The van der Waals surface area contributed by atoms with Gasteiger partial charge in [0.15, 0.2) is 0 Å². The van der Waals surface area contributed by atoms with E-state index in [0.29, 0.717) is 24.7 Å². The summed E-state index contributed by atoms with van der Waals surface area (Å²) in [5.74, 6) is 0.201. The molecule has 6 heteroatoms. The molecule has 0 saturated carbocycles. The van der Waals surface area contributed by atoms with Crippen LogP contribution in [0.25, 0.3) is 0 Å². The number of carbonyl (C=O) groups excluding carboxylic acids is 2. The van der Waals surface area contributed by atoms with Crippen molar-refractivity contribution in [2.45, 2.75) is 20.4 Å². The number of nitrogens with one attached hydrogen (secondary N) is 3. The van der Waals surface area contributed by atoms with Gasteiger partial charge in [0.25, 0.3) is 0 Å². The highest BCUT2D eigenvalue weighted by Gasteiger charge is 2.04. The number of ether oxygens (including phenoxy) is 1. The maximum absolute atomic E-state index is 11.6. The number of rotatable bonds is 7. The molecule has 0 fully saturated rings. The third kappa shape index (κ3) is 7.31. The fraction of sp³-hybridized carbons (Fsp3) is 0.467. The minimum Gasteiger partial charge on any atom is -0.375 e. The maximum atomic E-state index is 11.6. The van der Waals surface area contributed by atoms with E-state index >= 15 is 0 Å². The van der Waals surface area contributed by atoms with Crippen LogP contribution in [0.2, 0.25) is 0 Å². The topological polar surface area (TPSA) is 79.5 Å². The monoisotopic (exact) mass is 293 g/mol. The van der Waals surface area contributed by atoms with Crippen LogP contribution in [-0.4, -0.2) is 32.2 Å². The summed E-state index contributed by atoms with van der Waals surface area (Å²) >= 11 is 0. The molecule has 0 spiro atoms. The standard InChI is InChI=1S/C15H23N3O3/c1-11(2)8-16-15(20)17-9-12-5-4-6-13(7-12)18-14(19)10-21-3/h4-7,11H,8-10H2,1-3H3,(H,18,19)(H2,16,17,20). The Hall–Kier alpha value is -2.08. The van der Waals surface area contributed by atoms with Gasteiger partial charge in [0.2, 0.25) is 5.91 Å². The minimum atomic E-state index is -0.211. The molecule has 0 unspecified atom stereocenters. The van der Waals surface area contributed by atoms with E-state index in [2.05, 4.69) is 16.0 Å². The van der Waals surface area contributed by atoms with Crippen molar-refractivity contribution in [3.8, 4) is 0 Å². The molecule has 1 aromatic rings. The largest absolute Gasteiger partial charge is 0.375 e. The van der Waals surface area contributed by atoms with Crippen LogP contribution < -0.4 is 16.0 Å². The molecule has 21 heavy (non-hydrogen) atoms. The first kappa shape index (κ1) is 17.0. The fourth-order valence-corrected chi connectivity index (χ4v) is 1.63. The lowest BCUT2D eigenvalue weighted by Gasteiger charge is -2.10. The minimum absolute atomic E-state index is 0.0140.